The summed E-state index contributed by atoms with van der Waals surface area (Å²) in [6.07, 6.45) is 0.500. The first kappa shape index (κ1) is 11.7. The van der Waals surface area contributed by atoms with Crippen LogP contribution in [0.4, 0.5) is 0 Å². The van der Waals surface area contributed by atoms with Crippen molar-refractivity contribution in [3.63, 3.8) is 0 Å². The van der Waals surface area contributed by atoms with Crippen LogP contribution in [-0.2, 0) is 9.53 Å². The van der Waals surface area contributed by atoms with E-state index in [9.17, 15) is 4.79 Å². The number of hydrogen-bond acceptors (Lipinski definition) is 2. The molecule has 0 aliphatic carbocycles. The fourth-order valence-electron chi connectivity index (χ4n) is 0.346. The van der Waals surface area contributed by atoms with Crippen molar-refractivity contribution in [1.82, 2.24) is 0 Å². The standard InChI is InChI=1S/C6H12O2.H3P/c1-4-6(7)8-5(2)3;/h5H,4H2,1-3H3;1H3. The Hall–Kier alpha value is -0.100. The third-order valence-electron chi connectivity index (χ3n) is 0.656. The normalized spacial score (nSPS) is 8.44. The van der Waals surface area contributed by atoms with Crippen molar-refractivity contribution >= 4 is 15.9 Å². The highest BCUT2D eigenvalue weighted by Crippen LogP contribution is 1.90. The Morgan fingerprint density at radius 3 is 2.11 bits per heavy atom. The Morgan fingerprint density at radius 2 is 2.00 bits per heavy atom. The average Bonchev–Trinajstić information content (AvgIpc) is 1.65. The van der Waals surface area contributed by atoms with Crippen LogP contribution in [0, 0.1) is 0 Å². The quantitative estimate of drug-likeness (QED) is 0.439. The lowest BCUT2D eigenvalue weighted by Gasteiger charge is -2.04. The zero-order valence-corrected chi connectivity index (χ0v) is 7.72. The van der Waals surface area contributed by atoms with E-state index in [1.54, 1.807) is 6.92 Å². The van der Waals surface area contributed by atoms with Crippen molar-refractivity contribution in [2.75, 3.05) is 0 Å². The largest absolute Gasteiger partial charge is 0.463 e. The van der Waals surface area contributed by atoms with Crippen LogP contribution < -0.4 is 0 Å². The van der Waals surface area contributed by atoms with Crippen LogP contribution in [0.15, 0.2) is 0 Å². The zero-order valence-electron chi connectivity index (χ0n) is 6.31. The van der Waals surface area contributed by atoms with Crippen LogP contribution in [0.25, 0.3) is 0 Å². The number of ether oxygens (including phenoxy) is 1. The van der Waals surface area contributed by atoms with Gasteiger partial charge in [0.1, 0.15) is 0 Å². The molecule has 0 rings (SSSR count). The summed E-state index contributed by atoms with van der Waals surface area (Å²) in [7, 11) is 0. The first-order valence-corrected chi connectivity index (χ1v) is 2.86. The van der Waals surface area contributed by atoms with Gasteiger partial charge < -0.3 is 4.74 Å². The molecule has 3 heteroatoms. The first-order chi connectivity index (χ1) is 3.66. The van der Waals surface area contributed by atoms with Crippen LogP contribution in [0.1, 0.15) is 27.2 Å². The van der Waals surface area contributed by atoms with E-state index in [2.05, 4.69) is 0 Å². The van der Waals surface area contributed by atoms with Crippen LogP contribution >= 0.6 is 9.90 Å². The molecule has 0 aromatic carbocycles. The maximum absolute atomic E-state index is 10.4. The lowest BCUT2D eigenvalue weighted by Crippen LogP contribution is -2.09. The Bertz CT molecular complexity index is 81.1. The van der Waals surface area contributed by atoms with Gasteiger partial charge in [0.25, 0.3) is 0 Å². The van der Waals surface area contributed by atoms with Crippen molar-refractivity contribution in [2.24, 2.45) is 0 Å². The summed E-state index contributed by atoms with van der Waals surface area (Å²) in [6, 6.07) is 0. The van der Waals surface area contributed by atoms with Crippen molar-refractivity contribution in [3.8, 4) is 0 Å². The van der Waals surface area contributed by atoms with E-state index in [0.717, 1.165) is 0 Å². The smallest absolute Gasteiger partial charge is 0.305 e. The summed E-state index contributed by atoms with van der Waals surface area (Å²) in [4.78, 5) is 10.4. The van der Waals surface area contributed by atoms with Crippen molar-refractivity contribution in [1.29, 1.82) is 0 Å². The molecule has 0 aromatic rings. The SMILES string of the molecule is CCC(=O)OC(C)C.P. The molecule has 1 unspecified atom stereocenters. The number of hydrogen-bond donors (Lipinski definition) is 0. The molecular formula is C6H15O2P. The predicted molar refractivity (Wildman–Crippen MR) is 42.6 cm³/mol. The topological polar surface area (TPSA) is 26.3 Å². The fraction of sp³-hybridized carbons (Fsp3) is 0.833. The summed E-state index contributed by atoms with van der Waals surface area (Å²) < 4.78 is 4.76. The van der Waals surface area contributed by atoms with Crippen molar-refractivity contribution < 1.29 is 9.53 Å². The van der Waals surface area contributed by atoms with Gasteiger partial charge in [0.05, 0.1) is 6.10 Å². The summed E-state index contributed by atoms with van der Waals surface area (Å²) in [5, 5.41) is 0. The van der Waals surface area contributed by atoms with Gasteiger partial charge in [-0.05, 0) is 13.8 Å². The van der Waals surface area contributed by atoms with E-state index < -0.39 is 0 Å². The highest BCUT2D eigenvalue weighted by Gasteiger charge is 1.98. The van der Waals surface area contributed by atoms with Gasteiger partial charge in [-0.15, -0.1) is 0 Å². The van der Waals surface area contributed by atoms with Gasteiger partial charge in [-0.2, -0.15) is 9.90 Å². The minimum Gasteiger partial charge on any atom is -0.463 e. The number of carbonyl (C=O) groups is 1. The molecule has 0 fully saturated rings. The van der Waals surface area contributed by atoms with Crippen molar-refractivity contribution in [2.45, 2.75) is 33.3 Å². The third kappa shape index (κ3) is 7.90. The summed E-state index contributed by atoms with van der Waals surface area (Å²) in [6.45, 7) is 5.46. The third-order valence-corrected chi connectivity index (χ3v) is 0.656. The first-order valence-electron chi connectivity index (χ1n) is 2.86. The van der Waals surface area contributed by atoms with Crippen LogP contribution in [0.3, 0.4) is 0 Å². The molecule has 56 valence electrons. The minimum atomic E-state index is -0.125. The summed E-state index contributed by atoms with van der Waals surface area (Å²) >= 11 is 0. The van der Waals surface area contributed by atoms with E-state index in [1.165, 1.54) is 0 Å². The van der Waals surface area contributed by atoms with Gasteiger partial charge in [0.2, 0.25) is 0 Å². The number of esters is 1. The van der Waals surface area contributed by atoms with E-state index in [1.807, 2.05) is 13.8 Å². The Morgan fingerprint density at radius 1 is 1.56 bits per heavy atom. The Kier molecular flexibility index (Phi) is 7.81. The van der Waals surface area contributed by atoms with Gasteiger partial charge in [0.15, 0.2) is 0 Å². The molecule has 0 saturated carbocycles. The monoisotopic (exact) mass is 150 g/mol. The summed E-state index contributed by atoms with van der Waals surface area (Å²) in [5.74, 6) is -0.125. The van der Waals surface area contributed by atoms with E-state index in [-0.39, 0.29) is 22.0 Å². The Balaban J connectivity index is 0. The molecule has 0 bridgehead atoms. The molecule has 0 heterocycles. The lowest BCUT2D eigenvalue weighted by molar-refractivity contribution is -0.146. The molecule has 0 radical (unpaired) electrons. The maximum atomic E-state index is 10.4. The van der Waals surface area contributed by atoms with Gasteiger partial charge in [-0.25, -0.2) is 0 Å². The van der Waals surface area contributed by atoms with Crippen molar-refractivity contribution in [3.05, 3.63) is 0 Å². The fourth-order valence-corrected chi connectivity index (χ4v) is 0.346. The molecule has 0 saturated heterocycles. The predicted octanol–water partition coefficient (Wildman–Crippen LogP) is 1.41. The van der Waals surface area contributed by atoms with E-state index in [0.29, 0.717) is 6.42 Å². The lowest BCUT2D eigenvalue weighted by atomic mass is 10.4. The van der Waals surface area contributed by atoms with E-state index in [4.69, 9.17) is 4.74 Å². The van der Waals surface area contributed by atoms with E-state index >= 15 is 0 Å². The molecule has 9 heavy (non-hydrogen) atoms. The van der Waals surface area contributed by atoms with Crippen LogP contribution in [0.5, 0.6) is 0 Å². The molecule has 0 aromatic heterocycles. The molecule has 0 spiro atoms. The molecule has 1 atom stereocenters. The second kappa shape index (κ2) is 6.03. The van der Waals surface area contributed by atoms with Gasteiger partial charge >= 0.3 is 5.97 Å². The molecular weight excluding hydrogens is 135 g/mol. The van der Waals surface area contributed by atoms with Gasteiger partial charge in [0, 0.05) is 6.42 Å². The van der Waals surface area contributed by atoms with Gasteiger partial charge in [-0.3, -0.25) is 4.79 Å². The Labute approximate surface area is 59.6 Å². The molecule has 0 amide bonds. The second-order valence-electron chi connectivity index (χ2n) is 1.89. The molecule has 2 nitrogen and oxygen atoms in total. The molecule has 0 aliphatic heterocycles. The minimum absolute atomic E-state index is 0. The molecule has 0 aliphatic rings. The molecule has 0 N–H and O–H groups in total. The van der Waals surface area contributed by atoms with Crippen LogP contribution in [-0.4, -0.2) is 12.1 Å². The number of rotatable bonds is 2. The maximum Gasteiger partial charge on any atom is 0.305 e. The number of carbonyl (C=O) groups excluding carboxylic acids is 1. The second-order valence-corrected chi connectivity index (χ2v) is 1.89. The van der Waals surface area contributed by atoms with Crippen LogP contribution in [0.2, 0.25) is 0 Å². The zero-order chi connectivity index (χ0) is 6.57. The van der Waals surface area contributed by atoms with Gasteiger partial charge in [-0.1, -0.05) is 6.92 Å². The highest BCUT2D eigenvalue weighted by molar-refractivity contribution is 6.92. The highest BCUT2D eigenvalue weighted by atomic mass is 31.0. The average molecular weight is 150 g/mol. The summed E-state index contributed by atoms with van der Waals surface area (Å²) in [5.41, 5.74) is 0.